The topological polar surface area (TPSA) is 91.7 Å². The van der Waals surface area contributed by atoms with Crippen LogP contribution in [0.25, 0.3) is 0 Å². The summed E-state index contributed by atoms with van der Waals surface area (Å²) in [7, 11) is 0. The molecule has 0 radical (unpaired) electrons. The van der Waals surface area contributed by atoms with Gasteiger partial charge < -0.3 is 15.1 Å². The van der Waals surface area contributed by atoms with Gasteiger partial charge in [0, 0.05) is 13.0 Å². The normalized spacial score (nSPS) is 16.8. The minimum atomic E-state index is -0.676. The van der Waals surface area contributed by atoms with Crippen LogP contribution < -0.4 is 10.6 Å². The van der Waals surface area contributed by atoms with Crippen LogP contribution in [-0.4, -0.2) is 28.8 Å². The standard InChI is InChI=1S/C18H19N3O4/c22-16(19-11-13-5-2-1-3-6-13)9-8-15-17(23)21(18(24)20-15)12-14-7-4-10-25-14/h1-7,10,15H,8-9,11-12H2,(H,19,22)(H,20,24). The highest BCUT2D eigenvalue weighted by molar-refractivity contribution is 6.04. The molecule has 0 bridgehead atoms. The van der Waals surface area contributed by atoms with Crippen molar-refractivity contribution >= 4 is 17.8 Å². The summed E-state index contributed by atoms with van der Waals surface area (Å²) in [6, 6.07) is 11.8. The van der Waals surface area contributed by atoms with E-state index in [4.69, 9.17) is 4.42 Å². The molecule has 0 spiro atoms. The number of carbonyl (C=O) groups excluding carboxylic acids is 3. The van der Waals surface area contributed by atoms with Crippen LogP contribution in [0.1, 0.15) is 24.2 Å². The summed E-state index contributed by atoms with van der Waals surface area (Å²) in [5.74, 6) is 0.0393. The smallest absolute Gasteiger partial charge is 0.325 e. The molecular formula is C18H19N3O4. The number of nitrogens with zero attached hydrogens (tertiary/aromatic N) is 1. The van der Waals surface area contributed by atoms with E-state index in [1.54, 1.807) is 12.1 Å². The number of carbonyl (C=O) groups is 3. The lowest BCUT2D eigenvalue weighted by molar-refractivity contribution is -0.128. The summed E-state index contributed by atoms with van der Waals surface area (Å²) in [6.07, 6.45) is 1.92. The van der Waals surface area contributed by atoms with Crippen LogP contribution in [0.3, 0.4) is 0 Å². The van der Waals surface area contributed by atoms with Gasteiger partial charge in [-0.05, 0) is 24.1 Å². The quantitative estimate of drug-likeness (QED) is 0.751. The Balaban J connectivity index is 1.46. The molecule has 1 aliphatic heterocycles. The van der Waals surface area contributed by atoms with Crippen molar-refractivity contribution < 1.29 is 18.8 Å². The molecule has 0 aliphatic carbocycles. The first kappa shape index (κ1) is 16.8. The second kappa shape index (κ2) is 7.65. The molecule has 0 saturated carbocycles. The fraction of sp³-hybridized carbons (Fsp3) is 0.278. The van der Waals surface area contributed by atoms with E-state index in [1.165, 1.54) is 6.26 Å². The summed E-state index contributed by atoms with van der Waals surface area (Å²) >= 11 is 0. The Hall–Kier alpha value is -3.09. The zero-order valence-corrected chi connectivity index (χ0v) is 13.6. The highest BCUT2D eigenvalue weighted by Gasteiger charge is 2.38. The van der Waals surface area contributed by atoms with Gasteiger partial charge in [0.25, 0.3) is 5.91 Å². The Morgan fingerprint density at radius 1 is 1.16 bits per heavy atom. The number of imide groups is 1. The number of nitrogens with one attached hydrogen (secondary N) is 2. The van der Waals surface area contributed by atoms with Gasteiger partial charge in [-0.1, -0.05) is 30.3 Å². The number of rotatable bonds is 7. The third kappa shape index (κ3) is 4.26. The van der Waals surface area contributed by atoms with E-state index in [0.29, 0.717) is 12.3 Å². The van der Waals surface area contributed by atoms with E-state index in [0.717, 1.165) is 10.5 Å². The predicted molar refractivity (Wildman–Crippen MR) is 89.1 cm³/mol. The molecule has 2 N–H and O–H groups in total. The van der Waals surface area contributed by atoms with E-state index in [2.05, 4.69) is 10.6 Å². The molecular weight excluding hydrogens is 322 g/mol. The molecule has 1 fully saturated rings. The summed E-state index contributed by atoms with van der Waals surface area (Å²) < 4.78 is 5.16. The van der Waals surface area contributed by atoms with Crippen molar-refractivity contribution in [2.45, 2.75) is 32.0 Å². The maximum atomic E-state index is 12.3. The lowest BCUT2D eigenvalue weighted by Crippen LogP contribution is -2.32. The van der Waals surface area contributed by atoms with Crippen molar-refractivity contribution in [1.82, 2.24) is 15.5 Å². The molecule has 3 rings (SSSR count). The van der Waals surface area contributed by atoms with Gasteiger partial charge in [-0.2, -0.15) is 0 Å². The number of furan rings is 1. The Morgan fingerprint density at radius 3 is 2.68 bits per heavy atom. The first-order chi connectivity index (χ1) is 12.1. The van der Waals surface area contributed by atoms with Gasteiger partial charge in [-0.3, -0.25) is 14.5 Å². The third-order valence-electron chi connectivity index (χ3n) is 3.99. The monoisotopic (exact) mass is 341 g/mol. The molecule has 1 saturated heterocycles. The number of benzene rings is 1. The van der Waals surface area contributed by atoms with E-state index in [9.17, 15) is 14.4 Å². The zero-order valence-electron chi connectivity index (χ0n) is 13.6. The average Bonchev–Trinajstić information content (AvgIpc) is 3.23. The number of urea groups is 1. The Kier molecular flexibility index (Phi) is 5.13. The molecule has 2 heterocycles. The molecule has 1 aliphatic rings. The van der Waals surface area contributed by atoms with Crippen molar-refractivity contribution in [3.63, 3.8) is 0 Å². The summed E-state index contributed by atoms with van der Waals surface area (Å²) in [4.78, 5) is 37.3. The minimum absolute atomic E-state index is 0.0916. The fourth-order valence-electron chi connectivity index (χ4n) is 2.64. The second-order valence-corrected chi connectivity index (χ2v) is 5.81. The van der Waals surface area contributed by atoms with E-state index >= 15 is 0 Å². The van der Waals surface area contributed by atoms with Crippen LogP contribution in [0.2, 0.25) is 0 Å². The molecule has 7 nitrogen and oxygen atoms in total. The molecule has 25 heavy (non-hydrogen) atoms. The van der Waals surface area contributed by atoms with Gasteiger partial charge in [0.1, 0.15) is 11.8 Å². The van der Waals surface area contributed by atoms with Crippen LogP contribution in [0.15, 0.2) is 53.1 Å². The largest absolute Gasteiger partial charge is 0.467 e. The van der Waals surface area contributed by atoms with E-state index < -0.39 is 12.1 Å². The van der Waals surface area contributed by atoms with Gasteiger partial charge >= 0.3 is 6.03 Å². The molecule has 130 valence electrons. The van der Waals surface area contributed by atoms with Gasteiger partial charge in [0.05, 0.1) is 12.8 Å². The van der Waals surface area contributed by atoms with E-state index in [1.807, 2.05) is 30.3 Å². The third-order valence-corrected chi connectivity index (χ3v) is 3.99. The SMILES string of the molecule is O=C(CCC1NC(=O)N(Cc2ccco2)C1=O)NCc1ccccc1. The maximum absolute atomic E-state index is 12.3. The van der Waals surface area contributed by atoms with Crippen molar-refractivity contribution in [3.05, 3.63) is 60.1 Å². The Morgan fingerprint density at radius 2 is 1.96 bits per heavy atom. The maximum Gasteiger partial charge on any atom is 0.325 e. The van der Waals surface area contributed by atoms with Crippen LogP contribution in [-0.2, 0) is 22.7 Å². The Bertz CT molecular complexity index is 743. The van der Waals surface area contributed by atoms with Crippen LogP contribution >= 0.6 is 0 Å². The van der Waals surface area contributed by atoms with Gasteiger partial charge in [0.2, 0.25) is 5.91 Å². The minimum Gasteiger partial charge on any atom is -0.467 e. The predicted octanol–water partition coefficient (Wildman–Crippen LogP) is 1.80. The lowest BCUT2D eigenvalue weighted by Gasteiger charge is -2.11. The lowest BCUT2D eigenvalue weighted by atomic mass is 10.1. The van der Waals surface area contributed by atoms with Crippen molar-refractivity contribution in [2.24, 2.45) is 0 Å². The highest BCUT2D eigenvalue weighted by atomic mass is 16.3. The summed E-state index contributed by atoms with van der Waals surface area (Å²) in [5.41, 5.74) is 1.01. The molecule has 1 aromatic carbocycles. The highest BCUT2D eigenvalue weighted by Crippen LogP contribution is 2.15. The van der Waals surface area contributed by atoms with E-state index in [-0.39, 0.29) is 31.2 Å². The van der Waals surface area contributed by atoms with Crippen LogP contribution in [0, 0.1) is 0 Å². The molecule has 2 aromatic rings. The molecule has 7 heteroatoms. The zero-order chi connectivity index (χ0) is 17.6. The molecule has 4 amide bonds. The fourth-order valence-corrected chi connectivity index (χ4v) is 2.64. The molecule has 1 unspecified atom stereocenters. The molecule has 1 aromatic heterocycles. The van der Waals surface area contributed by atoms with Gasteiger partial charge in [0.15, 0.2) is 0 Å². The number of hydrogen-bond donors (Lipinski definition) is 2. The number of hydrogen-bond acceptors (Lipinski definition) is 4. The number of amides is 4. The summed E-state index contributed by atoms with van der Waals surface area (Å²) in [5, 5.41) is 5.42. The first-order valence-electron chi connectivity index (χ1n) is 8.08. The van der Waals surface area contributed by atoms with Gasteiger partial charge in [-0.25, -0.2) is 4.79 Å². The Labute approximate surface area is 145 Å². The van der Waals surface area contributed by atoms with Crippen LogP contribution in [0.5, 0.6) is 0 Å². The summed E-state index contributed by atoms with van der Waals surface area (Å²) in [6.45, 7) is 0.531. The van der Waals surface area contributed by atoms with Crippen molar-refractivity contribution in [1.29, 1.82) is 0 Å². The first-order valence-corrected chi connectivity index (χ1v) is 8.08. The average molecular weight is 341 g/mol. The second-order valence-electron chi connectivity index (χ2n) is 5.81. The molecule has 1 atom stereocenters. The van der Waals surface area contributed by atoms with Crippen molar-refractivity contribution in [3.8, 4) is 0 Å². The van der Waals surface area contributed by atoms with Crippen molar-refractivity contribution in [2.75, 3.05) is 0 Å². The van der Waals surface area contributed by atoms with Crippen LogP contribution in [0.4, 0.5) is 4.79 Å². The van der Waals surface area contributed by atoms with Gasteiger partial charge in [-0.15, -0.1) is 0 Å².